The predicted octanol–water partition coefficient (Wildman–Crippen LogP) is 3.74. The van der Waals surface area contributed by atoms with Crippen molar-refractivity contribution in [2.75, 3.05) is 0 Å². The molecule has 108 valence electrons. The Morgan fingerprint density at radius 1 is 1.15 bits per heavy atom. The van der Waals surface area contributed by atoms with Crippen LogP contribution in [0.15, 0.2) is 36.4 Å². The highest BCUT2D eigenvalue weighted by Crippen LogP contribution is 2.27. The van der Waals surface area contributed by atoms with Gasteiger partial charge in [-0.25, -0.2) is 0 Å². The maximum absolute atomic E-state index is 11.8. The molecule has 0 atom stereocenters. The number of ketones is 1. The first-order valence-electron chi connectivity index (χ1n) is 5.91. The van der Waals surface area contributed by atoms with Gasteiger partial charge in [-0.15, -0.1) is 0 Å². The average Bonchev–Trinajstić information content (AvgIpc) is 2.37. The normalized spacial score (nSPS) is 12.4. The van der Waals surface area contributed by atoms with Crippen LogP contribution in [0.25, 0.3) is 5.70 Å². The van der Waals surface area contributed by atoms with Gasteiger partial charge in [-0.2, -0.15) is 0 Å². The second-order valence-electron chi connectivity index (χ2n) is 4.43. The van der Waals surface area contributed by atoms with Crippen LogP contribution >= 0.6 is 34.8 Å². The Morgan fingerprint density at radius 2 is 1.70 bits per heavy atom. The van der Waals surface area contributed by atoms with Crippen LogP contribution in [0.5, 0.6) is 0 Å². The van der Waals surface area contributed by atoms with Gasteiger partial charge in [-0.3, -0.25) is 9.59 Å². The molecule has 0 saturated heterocycles. The summed E-state index contributed by atoms with van der Waals surface area (Å²) in [5, 5.41) is 2.46. The molecular formula is C14H14Cl3NO2. The van der Waals surface area contributed by atoms with Gasteiger partial charge < -0.3 is 5.32 Å². The van der Waals surface area contributed by atoms with Gasteiger partial charge in [0.15, 0.2) is 5.78 Å². The molecule has 0 bridgehead atoms. The Kier molecular flexibility index (Phi) is 6.06. The number of hydrogen-bond donors (Lipinski definition) is 1. The second-order valence-corrected chi connectivity index (χ2v) is 6.71. The first kappa shape index (κ1) is 17.0. The molecule has 0 aromatic heterocycles. The van der Waals surface area contributed by atoms with Crippen molar-refractivity contribution >= 4 is 52.2 Å². The van der Waals surface area contributed by atoms with Gasteiger partial charge in [0.1, 0.15) is 0 Å². The highest BCUT2D eigenvalue weighted by Gasteiger charge is 2.31. The lowest BCUT2D eigenvalue weighted by Crippen LogP contribution is -2.33. The number of rotatable bonds is 4. The fraction of sp³-hybridized carbons (Fsp3) is 0.286. The lowest BCUT2D eigenvalue weighted by molar-refractivity contribution is -0.119. The van der Waals surface area contributed by atoms with E-state index in [1.807, 2.05) is 6.07 Å². The van der Waals surface area contributed by atoms with Crippen LogP contribution in [-0.4, -0.2) is 15.5 Å². The number of alkyl halides is 3. The summed E-state index contributed by atoms with van der Waals surface area (Å²) < 4.78 is -2.09. The highest BCUT2D eigenvalue weighted by molar-refractivity contribution is 6.76. The van der Waals surface area contributed by atoms with E-state index < -0.39 is 9.70 Å². The zero-order valence-electron chi connectivity index (χ0n) is 11.0. The molecule has 0 aliphatic rings. The quantitative estimate of drug-likeness (QED) is 0.673. The van der Waals surface area contributed by atoms with Crippen molar-refractivity contribution < 1.29 is 9.59 Å². The van der Waals surface area contributed by atoms with Crippen LogP contribution in [0, 0.1) is 5.92 Å². The van der Waals surface area contributed by atoms with Crippen LogP contribution in [-0.2, 0) is 9.59 Å². The summed E-state index contributed by atoms with van der Waals surface area (Å²) in [5.41, 5.74) is 0.963. The minimum absolute atomic E-state index is 0.131. The number of hydrogen-bond acceptors (Lipinski definition) is 2. The SMILES string of the molecule is CC(C)C(=O)/C=C(\NC(=O)C(Cl)(Cl)Cl)c1ccccc1. The molecule has 0 saturated carbocycles. The molecule has 6 heteroatoms. The number of carbonyl (C=O) groups is 2. The van der Waals surface area contributed by atoms with Crippen LogP contribution in [0.2, 0.25) is 0 Å². The summed E-state index contributed by atoms with van der Waals surface area (Å²) in [4.78, 5) is 23.6. The van der Waals surface area contributed by atoms with Gasteiger partial charge in [-0.1, -0.05) is 79.0 Å². The van der Waals surface area contributed by atoms with Crippen LogP contribution in [0.3, 0.4) is 0 Å². The Morgan fingerprint density at radius 3 is 2.15 bits per heavy atom. The molecule has 0 aliphatic carbocycles. The molecule has 0 unspecified atom stereocenters. The summed E-state index contributed by atoms with van der Waals surface area (Å²) in [7, 11) is 0. The zero-order valence-corrected chi connectivity index (χ0v) is 13.3. The maximum Gasteiger partial charge on any atom is 0.276 e. The van der Waals surface area contributed by atoms with Crippen molar-refractivity contribution in [3.8, 4) is 0 Å². The number of allylic oxidation sites excluding steroid dienone is 1. The van der Waals surface area contributed by atoms with E-state index in [1.54, 1.807) is 38.1 Å². The number of carbonyl (C=O) groups excluding carboxylic acids is 2. The summed E-state index contributed by atoms with van der Waals surface area (Å²) in [6.07, 6.45) is 1.34. The zero-order chi connectivity index (χ0) is 15.3. The molecular weight excluding hydrogens is 321 g/mol. The summed E-state index contributed by atoms with van der Waals surface area (Å²) in [6.45, 7) is 3.52. The highest BCUT2D eigenvalue weighted by atomic mass is 35.6. The van der Waals surface area contributed by atoms with Crippen LogP contribution in [0.1, 0.15) is 19.4 Å². The van der Waals surface area contributed by atoms with Crippen molar-refractivity contribution in [1.82, 2.24) is 5.32 Å². The number of nitrogens with one attached hydrogen (secondary N) is 1. The van der Waals surface area contributed by atoms with Crippen molar-refractivity contribution in [2.24, 2.45) is 5.92 Å². The summed E-state index contributed by atoms with van der Waals surface area (Å²) in [5.74, 6) is -1.14. The molecule has 0 radical (unpaired) electrons. The minimum Gasteiger partial charge on any atom is -0.322 e. The molecule has 3 nitrogen and oxygen atoms in total. The third-order valence-electron chi connectivity index (χ3n) is 2.45. The van der Waals surface area contributed by atoms with Gasteiger partial charge in [0, 0.05) is 12.0 Å². The summed E-state index contributed by atoms with van der Waals surface area (Å²) >= 11 is 16.6. The first-order chi connectivity index (χ1) is 9.21. The molecule has 1 N–H and O–H groups in total. The van der Waals surface area contributed by atoms with Gasteiger partial charge in [-0.05, 0) is 5.56 Å². The minimum atomic E-state index is -2.09. The lowest BCUT2D eigenvalue weighted by atomic mass is 10.1. The molecule has 1 aromatic rings. The molecule has 0 fully saturated rings. The smallest absolute Gasteiger partial charge is 0.276 e. The molecule has 20 heavy (non-hydrogen) atoms. The van der Waals surface area contributed by atoms with E-state index in [9.17, 15) is 9.59 Å². The number of halogens is 3. The Balaban J connectivity index is 3.10. The van der Waals surface area contributed by atoms with E-state index in [4.69, 9.17) is 34.8 Å². The molecule has 1 rings (SSSR count). The molecule has 1 aromatic carbocycles. The van der Waals surface area contributed by atoms with Gasteiger partial charge >= 0.3 is 0 Å². The van der Waals surface area contributed by atoms with Crippen molar-refractivity contribution in [3.05, 3.63) is 42.0 Å². The van der Waals surface area contributed by atoms with Crippen molar-refractivity contribution in [2.45, 2.75) is 17.6 Å². The van der Waals surface area contributed by atoms with Crippen LogP contribution in [0.4, 0.5) is 0 Å². The average molecular weight is 335 g/mol. The molecule has 0 aliphatic heterocycles. The molecule has 1 amide bonds. The predicted molar refractivity (Wildman–Crippen MR) is 82.7 cm³/mol. The molecule has 0 spiro atoms. The largest absolute Gasteiger partial charge is 0.322 e. The molecule has 0 heterocycles. The topological polar surface area (TPSA) is 46.2 Å². The Bertz CT molecular complexity index is 519. The third-order valence-corrected chi connectivity index (χ3v) is 2.96. The third kappa shape index (κ3) is 5.16. The Labute approximate surface area is 132 Å². The van der Waals surface area contributed by atoms with E-state index in [0.29, 0.717) is 11.3 Å². The number of benzene rings is 1. The lowest BCUT2D eigenvalue weighted by Gasteiger charge is -2.15. The fourth-order valence-electron chi connectivity index (χ4n) is 1.31. The Hall–Kier alpha value is -1.03. The van der Waals surface area contributed by atoms with Gasteiger partial charge in [0.05, 0.1) is 5.70 Å². The fourth-order valence-corrected chi connectivity index (χ4v) is 1.45. The van der Waals surface area contributed by atoms with E-state index in [1.165, 1.54) is 6.08 Å². The van der Waals surface area contributed by atoms with Crippen LogP contribution < -0.4 is 5.32 Å². The number of amides is 1. The standard InChI is InChI=1S/C14H14Cl3NO2/c1-9(2)12(19)8-11(10-6-4-3-5-7-10)18-13(20)14(15,16)17/h3-9H,1-2H3,(H,18,20)/b11-8-. The van der Waals surface area contributed by atoms with Gasteiger partial charge in [0.2, 0.25) is 0 Å². The van der Waals surface area contributed by atoms with E-state index in [2.05, 4.69) is 5.32 Å². The van der Waals surface area contributed by atoms with Crippen molar-refractivity contribution in [3.63, 3.8) is 0 Å². The summed E-state index contributed by atoms with van der Waals surface area (Å²) in [6, 6.07) is 8.88. The van der Waals surface area contributed by atoms with E-state index in [-0.39, 0.29) is 11.7 Å². The monoisotopic (exact) mass is 333 g/mol. The van der Waals surface area contributed by atoms with Crippen molar-refractivity contribution in [1.29, 1.82) is 0 Å². The van der Waals surface area contributed by atoms with E-state index in [0.717, 1.165) is 0 Å². The first-order valence-corrected chi connectivity index (χ1v) is 7.04. The second kappa shape index (κ2) is 7.11. The maximum atomic E-state index is 11.8. The van der Waals surface area contributed by atoms with E-state index >= 15 is 0 Å². The van der Waals surface area contributed by atoms with Gasteiger partial charge in [0.25, 0.3) is 9.70 Å².